The van der Waals surface area contributed by atoms with Crippen molar-refractivity contribution in [2.24, 2.45) is 11.8 Å². The number of esters is 1. The first-order valence-electron chi connectivity index (χ1n) is 17.5. The molecule has 1 aliphatic carbocycles. The number of carboxylic acids is 1. The van der Waals surface area contributed by atoms with E-state index in [0.717, 1.165) is 37.5 Å². The fourth-order valence-electron chi connectivity index (χ4n) is 6.09. The van der Waals surface area contributed by atoms with Gasteiger partial charge in [-0.2, -0.15) is 0 Å². The molecule has 230 valence electrons. The average Bonchev–Trinajstić information content (AvgIpc) is 3.66. The molecule has 3 unspecified atom stereocenters. The van der Waals surface area contributed by atoms with E-state index in [0.29, 0.717) is 12.8 Å². The van der Waals surface area contributed by atoms with Crippen molar-refractivity contribution < 1.29 is 19.4 Å². The molecule has 0 spiro atoms. The summed E-state index contributed by atoms with van der Waals surface area (Å²) < 4.78 is 5.58. The minimum atomic E-state index is -0.873. The zero-order valence-electron chi connectivity index (χ0n) is 26.2. The van der Waals surface area contributed by atoms with Gasteiger partial charge in [0.2, 0.25) is 0 Å². The van der Waals surface area contributed by atoms with E-state index in [2.05, 4.69) is 13.8 Å². The highest BCUT2D eigenvalue weighted by molar-refractivity contribution is 5.71. The molecule has 0 heterocycles. The van der Waals surface area contributed by atoms with E-state index in [1.807, 2.05) is 0 Å². The maximum Gasteiger partial charge on any atom is 0.307 e. The number of ether oxygens (including phenoxy) is 1. The lowest BCUT2D eigenvalue weighted by Gasteiger charge is -2.16. The predicted molar refractivity (Wildman–Crippen MR) is 165 cm³/mol. The van der Waals surface area contributed by atoms with Crippen molar-refractivity contribution in [2.45, 2.75) is 200 Å². The van der Waals surface area contributed by atoms with Gasteiger partial charge in [-0.15, -0.1) is 0 Å². The second-order valence-corrected chi connectivity index (χ2v) is 12.7. The van der Waals surface area contributed by atoms with Crippen LogP contribution in [0, 0.1) is 11.8 Å². The molecule has 0 aromatic carbocycles. The smallest absolute Gasteiger partial charge is 0.307 e. The summed E-state index contributed by atoms with van der Waals surface area (Å²) in [6.45, 7) is 4.54. The Labute approximate surface area is 242 Å². The summed E-state index contributed by atoms with van der Waals surface area (Å²) in [5, 5.41) is 9.24. The molecule has 1 fully saturated rings. The number of carbonyl (C=O) groups is 2. The fraction of sp³-hybridized carbons (Fsp3) is 0.943. The molecule has 4 nitrogen and oxygen atoms in total. The van der Waals surface area contributed by atoms with E-state index in [-0.39, 0.29) is 12.4 Å². The monoisotopic (exact) mass is 550 g/mol. The average molecular weight is 551 g/mol. The van der Waals surface area contributed by atoms with Crippen molar-refractivity contribution in [3.8, 4) is 0 Å². The molecular formula is C35H66O4. The summed E-state index contributed by atoms with van der Waals surface area (Å²) in [6, 6.07) is 0. The molecule has 0 aromatic rings. The topological polar surface area (TPSA) is 63.6 Å². The molecule has 0 aromatic heterocycles. The highest BCUT2D eigenvalue weighted by Gasteiger charge is 2.35. The minimum absolute atomic E-state index is 0.0638. The molecular weight excluding hydrogens is 484 g/mol. The van der Waals surface area contributed by atoms with E-state index in [9.17, 15) is 14.7 Å². The fourth-order valence-corrected chi connectivity index (χ4v) is 6.09. The van der Waals surface area contributed by atoms with Crippen LogP contribution in [0.1, 0.15) is 194 Å². The quantitative estimate of drug-likeness (QED) is 0.0713. The number of carbonyl (C=O) groups excluding carboxylic acids is 1. The molecule has 0 saturated heterocycles. The minimum Gasteiger partial charge on any atom is -0.481 e. The van der Waals surface area contributed by atoms with Gasteiger partial charge in [-0.25, -0.2) is 0 Å². The second kappa shape index (κ2) is 25.9. The normalized spacial score (nSPS) is 17.3. The largest absolute Gasteiger partial charge is 0.481 e. The first kappa shape index (κ1) is 36.0. The zero-order valence-corrected chi connectivity index (χ0v) is 26.2. The van der Waals surface area contributed by atoms with E-state index in [1.54, 1.807) is 0 Å². The number of carboxylic acid groups (broad SMARTS) is 1. The van der Waals surface area contributed by atoms with Gasteiger partial charge in [0.1, 0.15) is 6.10 Å². The van der Waals surface area contributed by atoms with Crippen LogP contribution in [-0.4, -0.2) is 23.1 Å². The standard InChI is InChI=1S/C35H66O4/c1-3-5-7-9-10-11-12-13-14-15-16-20-24-28-35(38)39-33(30-34(36)37)27-23-19-17-18-22-26-32-29-31(32)25-21-8-6-4-2/h31-33H,3-30H2,1-2H3,(H,36,37). The summed E-state index contributed by atoms with van der Waals surface area (Å²) in [5.74, 6) is 0.939. The van der Waals surface area contributed by atoms with Gasteiger partial charge in [0.15, 0.2) is 0 Å². The lowest BCUT2D eigenvalue weighted by atomic mass is 10.0. The maximum atomic E-state index is 12.3. The Balaban J connectivity index is 1.96. The Hall–Kier alpha value is -1.06. The van der Waals surface area contributed by atoms with Gasteiger partial charge < -0.3 is 9.84 Å². The van der Waals surface area contributed by atoms with Crippen molar-refractivity contribution in [3.63, 3.8) is 0 Å². The highest BCUT2D eigenvalue weighted by Crippen LogP contribution is 2.45. The molecule has 0 bridgehead atoms. The van der Waals surface area contributed by atoms with Gasteiger partial charge in [0.05, 0.1) is 6.42 Å². The Morgan fingerprint density at radius 2 is 1.03 bits per heavy atom. The molecule has 0 amide bonds. The summed E-state index contributed by atoms with van der Waals surface area (Å²) in [5.41, 5.74) is 0. The zero-order chi connectivity index (χ0) is 28.4. The molecule has 0 radical (unpaired) electrons. The summed E-state index contributed by atoms with van der Waals surface area (Å²) in [4.78, 5) is 23.5. The first-order chi connectivity index (χ1) is 19.1. The highest BCUT2D eigenvalue weighted by atomic mass is 16.5. The van der Waals surface area contributed by atoms with Crippen LogP contribution < -0.4 is 0 Å². The Morgan fingerprint density at radius 3 is 1.51 bits per heavy atom. The van der Waals surface area contributed by atoms with Gasteiger partial charge in [0.25, 0.3) is 0 Å². The van der Waals surface area contributed by atoms with Crippen molar-refractivity contribution in [2.75, 3.05) is 0 Å². The van der Waals surface area contributed by atoms with Gasteiger partial charge in [-0.3, -0.25) is 9.59 Å². The van der Waals surface area contributed by atoms with Crippen molar-refractivity contribution in [1.29, 1.82) is 0 Å². The van der Waals surface area contributed by atoms with Crippen LogP contribution in [0.2, 0.25) is 0 Å². The molecule has 1 N–H and O–H groups in total. The third-order valence-electron chi connectivity index (χ3n) is 8.78. The van der Waals surface area contributed by atoms with Crippen LogP contribution in [-0.2, 0) is 14.3 Å². The molecule has 1 saturated carbocycles. The third kappa shape index (κ3) is 23.4. The van der Waals surface area contributed by atoms with Crippen LogP contribution >= 0.6 is 0 Å². The molecule has 1 aliphatic rings. The van der Waals surface area contributed by atoms with E-state index >= 15 is 0 Å². The lowest BCUT2D eigenvalue weighted by molar-refractivity contribution is -0.153. The van der Waals surface area contributed by atoms with Crippen molar-refractivity contribution >= 4 is 11.9 Å². The summed E-state index contributed by atoms with van der Waals surface area (Å²) in [7, 11) is 0. The Morgan fingerprint density at radius 1 is 0.615 bits per heavy atom. The summed E-state index contributed by atoms with van der Waals surface area (Å²) in [6.07, 6.45) is 33.0. The van der Waals surface area contributed by atoms with Crippen LogP contribution in [0.15, 0.2) is 0 Å². The second-order valence-electron chi connectivity index (χ2n) is 12.7. The first-order valence-corrected chi connectivity index (χ1v) is 17.5. The maximum absolute atomic E-state index is 12.3. The molecule has 39 heavy (non-hydrogen) atoms. The van der Waals surface area contributed by atoms with E-state index in [1.165, 1.54) is 135 Å². The summed E-state index contributed by atoms with van der Waals surface area (Å²) >= 11 is 0. The predicted octanol–water partition coefficient (Wildman–Crippen LogP) is 11.2. The Kier molecular flexibility index (Phi) is 23.9. The van der Waals surface area contributed by atoms with Crippen LogP contribution in [0.25, 0.3) is 0 Å². The molecule has 3 atom stereocenters. The number of hydrogen-bond acceptors (Lipinski definition) is 3. The van der Waals surface area contributed by atoms with E-state index in [4.69, 9.17) is 4.74 Å². The SMILES string of the molecule is CCCCCCCCCCCCCCCC(=O)OC(CCCCCCCC1CC1CCCCCC)CC(=O)O. The number of hydrogen-bond donors (Lipinski definition) is 1. The van der Waals surface area contributed by atoms with Gasteiger partial charge in [-0.1, -0.05) is 155 Å². The van der Waals surface area contributed by atoms with Crippen LogP contribution in [0.4, 0.5) is 0 Å². The van der Waals surface area contributed by atoms with Crippen LogP contribution in [0.3, 0.4) is 0 Å². The van der Waals surface area contributed by atoms with Gasteiger partial charge in [-0.05, 0) is 37.5 Å². The van der Waals surface area contributed by atoms with Gasteiger partial charge >= 0.3 is 11.9 Å². The van der Waals surface area contributed by atoms with Crippen molar-refractivity contribution in [1.82, 2.24) is 0 Å². The Bertz CT molecular complexity index is 575. The number of aliphatic carboxylic acids is 1. The molecule has 0 aliphatic heterocycles. The lowest BCUT2D eigenvalue weighted by Crippen LogP contribution is -2.21. The van der Waals surface area contributed by atoms with Crippen molar-refractivity contribution in [3.05, 3.63) is 0 Å². The van der Waals surface area contributed by atoms with Crippen LogP contribution in [0.5, 0.6) is 0 Å². The number of unbranched alkanes of at least 4 members (excludes halogenated alkanes) is 19. The van der Waals surface area contributed by atoms with E-state index < -0.39 is 12.1 Å². The molecule has 1 rings (SSSR count). The molecule has 4 heteroatoms. The number of rotatable bonds is 30. The third-order valence-corrected chi connectivity index (χ3v) is 8.78. The van der Waals surface area contributed by atoms with Gasteiger partial charge in [0, 0.05) is 6.42 Å².